The van der Waals surface area contributed by atoms with Crippen molar-refractivity contribution in [2.45, 2.75) is 26.7 Å². The maximum atomic E-state index is 4.20. The second-order valence-corrected chi connectivity index (χ2v) is 4.94. The highest BCUT2D eigenvalue weighted by Gasteiger charge is 2.17. The smallest absolute Gasteiger partial charge is 0.0825 e. The van der Waals surface area contributed by atoms with E-state index < -0.39 is 0 Å². The first kappa shape index (κ1) is 11.5. The fourth-order valence-electron chi connectivity index (χ4n) is 2.32. The Morgan fingerprint density at radius 2 is 2.06 bits per heavy atom. The number of aryl methyl sites for hydroxylation is 2. The number of rotatable bonds is 3. The van der Waals surface area contributed by atoms with Crippen LogP contribution in [0.25, 0.3) is 0 Å². The molecule has 4 nitrogen and oxygen atoms in total. The van der Waals surface area contributed by atoms with Gasteiger partial charge in [-0.25, -0.2) is 0 Å². The molecule has 0 atom stereocenters. The minimum absolute atomic E-state index is 0.810. The van der Waals surface area contributed by atoms with Crippen LogP contribution in [0.5, 0.6) is 0 Å². The molecule has 0 unspecified atom stereocenters. The van der Waals surface area contributed by atoms with Gasteiger partial charge in [0.15, 0.2) is 0 Å². The molecule has 1 saturated heterocycles. The number of nitrogens with zero attached hydrogens (tertiary/aromatic N) is 2. The highest BCUT2D eigenvalue weighted by Crippen LogP contribution is 2.20. The summed E-state index contributed by atoms with van der Waals surface area (Å²) in [5.74, 6) is 0.810. The second kappa shape index (κ2) is 4.87. The molecule has 2 N–H and O–H groups in total. The number of aromatic nitrogens is 2. The highest BCUT2D eigenvalue weighted by atomic mass is 15.1. The molecule has 0 saturated carbocycles. The molecule has 1 aliphatic heterocycles. The van der Waals surface area contributed by atoms with E-state index in [-0.39, 0.29) is 0 Å². The maximum Gasteiger partial charge on any atom is 0.0825 e. The van der Waals surface area contributed by atoms with Crippen LogP contribution in [0.4, 0.5) is 5.69 Å². The van der Waals surface area contributed by atoms with Crippen LogP contribution in [0, 0.1) is 19.8 Å². The summed E-state index contributed by atoms with van der Waals surface area (Å²) < 4.78 is 0. The first-order valence-corrected chi connectivity index (χ1v) is 6.11. The maximum absolute atomic E-state index is 4.20. The fourth-order valence-corrected chi connectivity index (χ4v) is 2.32. The van der Waals surface area contributed by atoms with Crippen molar-refractivity contribution < 1.29 is 0 Å². The monoisotopic (exact) mass is 222 g/mol. The molecule has 0 spiro atoms. The zero-order valence-corrected chi connectivity index (χ0v) is 10.5. The molecular formula is C12H22N4. The van der Waals surface area contributed by atoms with Crippen LogP contribution >= 0.6 is 0 Å². The molecule has 16 heavy (non-hydrogen) atoms. The number of nitrogens with one attached hydrogen (secondary N) is 2. The molecule has 1 aromatic rings. The number of hydrogen-bond acceptors (Lipinski definition) is 3. The van der Waals surface area contributed by atoms with Crippen molar-refractivity contribution in [1.29, 1.82) is 0 Å². The molecule has 1 aliphatic rings. The van der Waals surface area contributed by atoms with E-state index in [1.807, 2.05) is 6.92 Å². The molecule has 0 amide bonds. The normalized spacial score (nSPS) is 18.9. The molecule has 0 bridgehead atoms. The van der Waals surface area contributed by atoms with Crippen molar-refractivity contribution in [2.75, 3.05) is 32.0 Å². The number of H-pyrrole nitrogens is 1. The topological polar surface area (TPSA) is 44.0 Å². The van der Waals surface area contributed by atoms with Gasteiger partial charge in [-0.1, -0.05) is 0 Å². The van der Waals surface area contributed by atoms with E-state index in [0.29, 0.717) is 0 Å². The third kappa shape index (κ3) is 2.55. The van der Waals surface area contributed by atoms with E-state index in [1.54, 1.807) is 0 Å². The number of hydrogen-bond donors (Lipinski definition) is 2. The van der Waals surface area contributed by atoms with Gasteiger partial charge in [0.1, 0.15) is 0 Å². The Morgan fingerprint density at radius 3 is 2.62 bits per heavy atom. The largest absolute Gasteiger partial charge is 0.382 e. The lowest BCUT2D eigenvalue weighted by molar-refractivity contribution is 0.226. The second-order valence-electron chi connectivity index (χ2n) is 4.94. The molecule has 2 rings (SSSR count). The first-order chi connectivity index (χ1) is 7.66. The lowest BCUT2D eigenvalue weighted by Gasteiger charge is -2.29. The van der Waals surface area contributed by atoms with Crippen LogP contribution in [0.15, 0.2) is 0 Å². The summed E-state index contributed by atoms with van der Waals surface area (Å²) in [4.78, 5) is 2.41. The molecule has 2 heterocycles. The Bertz CT molecular complexity index is 317. The Kier molecular flexibility index (Phi) is 3.49. The summed E-state index contributed by atoms with van der Waals surface area (Å²) in [5, 5.41) is 10.7. The average molecular weight is 222 g/mol. The van der Waals surface area contributed by atoms with Gasteiger partial charge in [0.25, 0.3) is 0 Å². The van der Waals surface area contributed by atoms with E-state index in [0.717, 1.165) is 23.9 Å². The van der Waals surface area contributed by atoms with Crippen molar-refractivity contribution >= 4 is 5.69 Å². The van der Waals surface area contributed by atoms with Crippen LogP contribution in [0.1, 0.15) is 24.2 Å². The van der Waals surface area contributed by atoms with Crippen LogP contribution < -0.4 is 5.32 Å². The SMILES string of the molecule is Cc1n[nH]c(C)c1NCC1CCN(C)CC1. The van der Waals surface area contributed by atoms with Crippen LogP contribution in [0.3, 0.4) is 0 Å². The van der Waals surface area contributed by atoms with Crippen molar-refractivity contribution in [3.05, 3.63) is 11.4 Å². The number of likely N-dealkylation sites (tertiary alicyclic amines) is 1. The lowest BCUT2D eigenvalue weighted by Crippen LogP contribution is -2.33. The molecule has 0 aliphatic carbocycles. The minimum Gasteiger partial charge on any atom is -0.382 e. The van der Waals surface area contributed by atoms with Gasteiger partial charge in [0.2, 0.25) is 0 Å². The number of aromatic amines is 1. The van der Waals surface area contributed by atoms with E-state index in [4.69, 9.17) is 0 Å². The third-order valence-corrected chi connectivity index (χ3v) is 3.53. The van der Waals surface area contributed by atoms with E-state index >= 15 is 0 Å². The Balaban J connectivity index is 1.83. The van der Waals surface area contributed by atoms with Gasteiger partial charge >= 0.3 is 0 Å². The Morgan fingerprint density at radius 1 is 1.38 bits per heavy atom. The third-order valence-electron chi connectivity index (χ3n) is 3.53. The minimum atomic E-state index is 0.810. The van der Waals surface area contributed by atoms with Crippen molar-refractivity contribution in [1.82, 2.24) is 15.1 Å². The molecule has 1 aromatic heterocycles. The molecular weight excluding hydrogens is 200 g/mol. The van der Waals surface area contributed by atoms with E-state index in [1.165, 1.54) is 31.6 Å². The lowest BCUT2D eigenvalue weighted by atomic mass is 9.97. The quantitative estimate of drug-likeness (QED) is 0.819. The zero-order valence-electron chi connectivity index (χ0n) is 10.5. The van der Waals surface area contributed by atoms with E-state index in [9.17, 15) is 0 Å². The van der Waals surface area contributed by atoms with Crippen molar-refractivity contribution in [3.63, 3.8) is 0 Å². The summed E-state index contributed by atoms with van der Waals surface area (Å²) in [6.45, 7) is 7.65. The molecule has 1 fully saturated rings. The summed E-state index contributed by atoms with van der Waals surface area (Å²) in [7, 11) is 2.20. The predicted octanol–water partition coefficient (Wildman–Crippen LogP) is 1.78. The standard InChI is InChI=1S/C12H22N4/c1-9-12(10(2)15-14-9)13-8-11-4-6-16(3)7-5-11/h11,13H,4-8H2,1-3H3,(H,14,15). The zero-order chi connectivity index (χ0) is 11.5. The fraction of sp³-hybridized carbons (Fsp3) is 0.750. The van der Waals surface area contributed by atoms with Crippen LogP contribution in [-0.4, -0.2) is 41.8 Å². The van der Waals surface area contributed by atoms with Crippen molar-refractivity contribution in [2.24, 2.45) is 5.92 Å². The molecule has 0 radical (unpaired) electrons. The molecule has 0 aromatic carbocycles. The van der Waals surface area contributed by atoms with Gasteiger partial charge in [-0.3, -0.25) is 5.10 Å². The average Bonchev–Trinajstić information content (AvgIpc) is 2.59. The molecule has 90 valence electrons. The number of piperidine rings is 1. The summed E-state index contributed by atoms with van der Waals surface area (Å²) >= 11 is 0. The Labute approximate surface area is 97.4 Å². The van der Waals surface area contributed by atoms with Gasteiger partial charge in [-0.15, -0.1) is 0 Å². The first-order valence-electron chi connectivity index (χ1n) is 6.11. The van der Waals surface area contributed by atoms with Crippen LogP contribution in [-0.2, 0) is 0 Å². The summed E-state index contributed by atoms with van der Waals surface area (Å²) in [5.41, 5.74) is 3.41. The van der Waals surface area contributed by atoms with E-state index in [2.05, 4.69) is 34.4 Å². The van der Waals surface area contributed by atoms with Gasteiger partial charge in [-0.05, 0) is 52.7 Å². The van der Waals surface area contributed by atoms with Gasteiger partial charge < -0.3 is 10.2 Å². The number of anilines is 1. The summed E-state index contributed by atoms with van der Waals surface area (Å²) in [6.07, 6.45) is 2.61. The Hall–Kier alpha value is -1.03. The highest BCUT2D eigenvalue weighted by molar-refractivity contribution is 5.51. The van der Waals surface area contributed by atoms with Crippen molar-refractivity contribution in [3.8, 4) is 0 Å². The van der Waals surface area contributed by atoms with Crippen LogP contribution in [0.2, 0.25) is 0 Å². The van der Waals surface area contributed by atoms with Gasteiger partial charge in [-0.2, -0.15) is 5.10 Å². The molecule has 4 heteroatoms. The summed E-state index contributed by atoms with van der Waals surface area (Å²) in [6, 6.07) is 0. The van der Waals surface area contributed by atoms with Gasteiger partial charge in [0, 0.05) is 6.54 Å². The predicted molar refractivity (Wildman–Crippen MR) is 66.8 cm³/mol. The van der Waals surface area contributed by atoms with Gasteiger partial charge in [0.05, 0.1) is 17.1 Å².